The number of aryl methyl sites for hydroxylation is 1. The molecule has 0 saturated heterocycles. The lowest BCUT2D eigenvalue weighted by atomic mass is 10.0. The Morgan fingerprint density at radius 1 is 1.31 bits per heavy atom. The number of amides is 1. The number of hydrogen-bond acceptors (Lipinski definition) is 6. The highest BCUT2D eigenvalue weighted by Gasteiger charge is 2.26. The summed E-state index contributed by atoms with van der Waals surface area (Å²) < 4.78 is 44.4. The third kappa shape index (κ3) is 3.94. The lowest BCUT2D eigenvalue weighted by molar-refractivity contribution is 0.0964. The van der Waals surface area contributed by atoms with Gasteiger partial charge in [-0.05, 0) is 42.8 Å². The summed E-state index contributed by atoms with van der Waals surface area (Å²) in [7, 11) is -2.24. The molecule has 2 N–H and O–H groups in total. The maximum Gasteiger partial charge on any atom is 0.255 e. The Balaban J connectivity index is 2.29. The molecule has 0 fully saturated rings. The second-order valence-corrected chi connectivity index (χ2v) is 8.34. The fraction of sp³-hybridized carbons (Fsp3) is 0.263. The zero-order valence-corrected chi connectivity index (χ0v) is 16.9. The van der Waals surface area contributed by atoms with E-state index in [2.05, 4.69) is 10.3 Å². The standard InChI is InChI=1S/C19H20FN3O5S/c1-11-10-14-15(18(25)21-2)16(12-4-6-13(20)7-5-12)28-19(14)22-17(11)23(8-9-24)29(3,26)27/h4-7,10,24H,8-9H2,1-3H3,(H,21,25). The van der Waals surface area contributed by atoms with Gasteiger partial charge in [-0.25, -0.2) is 12.8 Å². The average molecular weight is 421 g/mol. The molecule has 3 rings (SSSR count). The average Bonchev–Trinajstić information content (AvgIpc) is 3.03. The number of aliphatic hydroxyl groups excluding tert-OH is 1. The van der Waals surface area contributed by atoms with Gasteiger partial charge in [0.15, 0.2) is 0 Å². The molecule has 0 radical (unpaired) electrons. The molecule has 3 aromatic rings. The molecule has 0 spiro atoms. The Morgan fingerprint density at radius 2 is 1.97 bits per heavy atom. The summed E-state index contributed by atoms with van der Waals surface area (Å²) in [5.41, 5.74) is 1.21. The first-order valence-corrected chi connectivity index (χ1v) is 10.5. The molecule has 0 aliphatic heterocycles. The molecule has 0 aliphatic carbocycles. The summed E-state index contributed by atoms with van der Waals surface area (Å²) in [4.78, 5) is 16.8. The van der Waals surface area contributed by atoms with Crippen LogP contribution >= 0.6 is 0 Å². The van der Waals surface area contributed by atoms with Gasteiger partial charge in [-0.1, -0.05) is 0 Å². The Kier molecular flexibility index (Phi) is 5.58. The van der Waals surface area contributed by atoms with Crippen LogP contribution in [0.25, 0.3) is 22.4 Å². The van der Waals surface area contributed by atoms with Crippen LogP contribution in [0.15, 0.2) is 34.7 Å². The van der Waals surface area contributed by atoms with Crippen LogP contribution in [0, 0.1) is 12.7 Å². The zero-order chi connectivity index (χ0) is 21.3. The van der Waals surface area contributed by atoms with Crippen molar-refractivity contribution >= 4 is 32.8 Å². The van der Waals surface area contributed by atoms with E-state index < -0.39 is 28.4 Å². The molecule has 1 aromatic carbocycles. The molecule has 29 heavy (non-hydrogen) atoms. The van der Waals surface area contributed by atoms with E-state index in [0.29, 0.717) is 16.5 Å². The van der Waals surface area contributed by atoms with Gasteiger partial charge >= 0.3 is 0 Å². The summed E-state index contributed by atoms with van der Waals surface area (Å²) in [6, 6.07) is 7.04. The third-order valence-corrected chi connectivity index (χ3v) is 5.50. The Labute approximate surface area is 167 Å². The first kappa shape index (κ1) is 20.7. The molecule has 0 atom stereocenters. The summed E-state index contributed by atoms with van der Waals surface area (Å²) >= 11 is 0. The predicted molar refractivity (Wildman–Crippen MR) is 107 cm³/mol. The fourth-order valence-electron chi connectivity index (χ4n) is 3.04. The Bertz CT molecular complexity index is 1170. The van der Waals surface area contributed by atoms with E-state index in [1.807, 2.05) is 0 Å². The molecule has 2 aromatic heterocycles. The van der Waals surface area contributed by atoms with Gasteiger partial charge < -0.3 is 14.8 Å². The molecule has 0 aliphatic rings. The van der Waals surface area contributed by atoms with Gasteiger partial charge in [0.25, 0.3) is 5.91 Å². The normalized spacial score (nSPS) is 11.6. The van der Waals surface area contributed by atoms with Crippen LogP contribution in [-0.2, 0) is 10.0 Å². The molecule has 154 valence electrons. The number of carbonyl (C=O) groups excluding carboxylic acids is 1. The highest BCUT2D eigenvalue weighted by atomic mass is 32.2. The minimum absolute atomic E-state index is 0.0510. The van der Waals surface area contributed by atoms with Crippen molar-refractivity contribution in [2.45, 2.75) is 6.92 Å². The number of aromatic nitrogens is 1. The second kappa shape index (κ2) is 7.80. The predicted octanol–water partition coefficient (Wildman–Crippen LogP) is 2.06. The number of aliphatic hydroxyl groups is 1. The van der Waals surface area contributed by atoms with Crippen molar-refractivity contribution in [1.29, 1.82) is 0 Å². The zero-order valence-electron chi connectivity index (χ0n) is 16.1. The molecular weight excluding hydrogens is 401 g/mol. The number of halogens is 1. The molecular formula is C19H20FN3O5S. The van der Waals surface area contributed by atoms with Crippen LogP contribution in [-0.4, -0.2) is 50.9 Å². The minimum atomic E-state index is -3.70. The van der Waals surface area contributed by atoms with Crippen molar-refractivity contribution in [3.05, 3.63) is 47.3 Å². The van der Waals surface area contributed by atoms with E-state index in [-0.39, 0.29) is 29.4 Å². The van der Waals surface area contributed by atoms with Gasteiger partial charge in [0.2, 0.25) is 15.7 Å². The quantitative estimate of drug-likeness (QED) is 0.630. The molecule has 10 heteroatoms. The maximum absolute atomic E-state index is 13.3. The number of rotatable bonds is 6. The number of benzene rings is 1. The van der Waals surface area contributed by atoms with Crippen LogP contribution < -0.4 is 9.62 Å². The van der Waals surface area contributed by atoms with Crippen LogP contribution in [0.5, 0.6) is 0 Å². The number of carbonyl (C=O) groups is 1. The van der Waals surface area contributed by atoms with E-state index in [1.165, 1.54) is 31.3 Å². The largest absolute Gasteiger partial charge is 0.437 e. The van der Waals surface area contributed by atoms with Crippen molar-refractivity contribution in [2.75, 3.05) is 30.8 Å². The number of nitrogens with zero attached hydrogens (tertiary/aromatic N) is 2. The van der Waals surface area contributed by atoms with E-state index >= 15 is 0 Å². The fourth-order valence-corrected chi connectivity index (χ4v) is 3.95. The highest BCUT2D eigenvalue weighted by molar-refractivity contribution is 7.92. The van der Waals surface area contributed by atoms with E-state index in [9.17, 15) is 22.7 Å². The minimum Gasteiger partial charge on any atom is -0.437 e. The first-order chi connectivity index (χ1) is 13.7. The summed E-state index contributed by atoms with van der Waals surface area (Å²) in [6.45, 7) is 1.08. The van der Waals surface area contributed by atoms with Crippen LogP contribution in [0.1, 0.15) is 15.9 Å². The molecule has 1 amide bonds. The first-order valence-electron chi connectivity index (χ1n) is 8.68. The van der Waals surface area contributed by atoms with E-state index in [0.717, 1.165) is 10.6 Å². The number of anilines is 1. The van der Waals surface area contributed by atoms with Crippen molar-refractivity contribution in [1.82, 2.24) is 10.3 Å². The number of sulfonamides is 1. The number of fused-ring (bicyclic) bond motifs is 1. The number of furan rings is 1. The van der Waals surface area contributed by atoms with Gasteiger partial charge in [0, 0.05) is 12.6 Å². The lowest BCUT2D eigenvalue weighted by Crippen LogP contribution is -2.33. The number of pyridine rings is 1. The van der Waals surface area contributed by atoms with Crippen LogP contribution in [0.2, 0.25) is 0 Å². The summed E-state index contributed by atoms with van der Waals surface area (Å²) in [5, 5.41) is 12.2. The molecule has 2 heterocycles. The van der Waals surface area contributed by atoms with E-state index in [4.69, 9.17) is 4.42 Å². The van der Waals surface area contributed by atoms with Crippen molar-refractivity contribution in [3.8, 4) is 11.3 Å². The topological polar surface area (TPSA) is 113 Å². The maximum atomic E-state index is 13.3. The Morgan fingerprint density at radius 3 is 2.52 bits per heavy atom. The smallest absolute Gasteiger partial charge is 0.255 e. The number of hydrogen-bond donors (Lipinski definition) is 2. The summed E-state index contributed by atoms with van der Waals surface area (Å²) in [5.74, 6) is -0.573. The van der Waals surface area contributed by atoms with Crippen LogP contribution in [0.3, 0.4) is 0 Å². The SMILES string of the molecule is CNC(=O)c1c(-c2ccc(F)cc2)oc2nc(N(CCO)S(C)(=O)=O)c(C)cc12. The van der Waals surface area contributed by atoms with Gasteiger partial charge in [0.1, 0.15) is 17.4 Å². The van der Waals surface area contributed by atoms with Crippen LogP contribution in [0.4, 0.5) is 10.2 Å². The van der Waals surface area contributed by atoms with E-state index in [1.54, 1.807) is 13.0 Å². The molecule has 0 bridgehead atoms. The summed E-state index contributed by atoms with van der Waals surface area (Å²) in [6.07, 6.45) is 1.01. The third-order valence-electron chi connectivity index (χ3n) is 4.35. The second-order valence-electron chi connectivity index (χ2n) is 6.43. The number of nitrogens with one attached hydrogen (secondary N) is 1. The van der Waals surface area contributed by atoms with Gasteiger partial charge in [-0.3, -0.25) is 9.10 Å². The van der Waals surface area contributed by atoms with Gasteiger partial charge in [-0.2, -0.15) is 4.98 Å². The van der Waals surface area contributed by atoms with Crippen molar-refractivity contribution in [3.63, 3.8) is 0 Å². The van der Waals surface area contributed by atoms with Gasteiger partial charge in [-0.15, -0.1) is 0 Å². The van der Waals surface area contributed by atoms with Crippen molar-refractivity contribution in [2.24, 2.45) is 0 Å². The lowest BCUT2D eigenvalue weighted by Gasteiger charge is -2.21. The highest BCUT2D eigenvalue weighted by Crippen LogP contribution is 2.35. The molecule has 8 nitrogen and oxygen atoms in total. The molecule has 0 saturated carbocycles. The Hall–Kier alpha value is -2.98. The van der Waals surface area contributed by atoms with Crippen molar-refractivity contribution < 1.29 is 27.1 Å². The van der Waals surface area contributed by atoms with Gasteiger partial charge in [0.05, 0.1) is 30.4 Å². The molecule has 0 unspecified atom stereocenters. The monoisotopic (exact) mass is 421 g/mol.